The van der Waals surface area contributed by atoms with E-state index in [4.69, 9.17) is 5.73 Å². The molecular formula is C15H21FN2O. The lowest BCUT2D eigenvalue weighted by Gasteiger charge is -2.37. The van der Waals surface area contributed by atoms with E-state index in [-0.39, 0.29) is 24.2 Å². The second-order valence-corrected chi connectivity index (χ2v) is 5.38. The Hall–Kier alpha value is -1.42. The zero-order valence-corrected chi connectivity index (χ0v) is 11.3. The Labute approximate surface area is 113 Å². The van der Waals surface area contributed by atoms with Crippen LogP contribution in [0.25, 0.3) is 0 Å². The van der Waals surface area contributed by atoms with E-state index in [1.165, 1.54) is 12.1 Å². The maximum atomic E-state index is 13.1. The van der Waals surface area contributed by atoms with Crippen LogP contribution in [0.1, 0.15) is 25.3 Å². The van der Waals surface area contributed by atoms with Crippen LogP contribution in [0.15, 0.2) is 24.3 Å². The number of nitrogens with zero attached hydrogens (tertiary/aromatic N) is 1. The molecule has 1 fully saturated rings. The molecule has 1 aliphatic heterocycles. The minimum absolute atomic E-state index is 0.0660. The van der Waals surface area contributed by atoms with Gasteiger partial charge in [-0.25, -0.2) is 4.39 Å². The van der Waals surface area contributed by atoms with E-state index in [0.717, 1.165) is 24.9 Å². The quantitative estimate of drug-likeness (QED) is 0.907. The highest BCUT2D eigenvalue weighted by Gasteiger charge is 2.28. The molecule has 3 nitrogen and oxygen atoms in total. The first-order chi connectivity index (χ1) is 9.10. The predicted octanol–water partition coefficient (Wildman–Crippen LogP) is 1.95. The number of halogens is 1. The SMILES string of the molecule is CC1CCC(CN)CN1C(=O)Cc1cccc(F)c1. The molecule has 0 aliphatic carbocycles. The van der Waals surface area contributed by atoms with Crippen molar-refractivity contribution >= 4 is 5.91 Å². The van der Waals surface area contributed by atoms with Crippen LogP contribution < -0.4 is 5.73 Å². The molecular weight excluding hydrogens is 243 g/mol. The van der Waals surface area contributed by atoms with Gasteiger partial charge in [-0.15, -0.1) is 0 Å². The number of hydrogen-bond donors (Lipinski definition) is 1. The summed E-state index contributed by atoms with van der Waals surface area (Å²) in [6, 6.07) is 6.49. The van der Waals surface area contributed by atoms with Crippen molar-refractivity contribution in [3.8, 4) is 0 Å². The van der Waals surface area contributed by atoms with E-state index < -0.39 is 0 Å². The second-order valence-electron chi connectivity index (χ2n) is 5.38. The smallest absolute Gasteiger partial charge is 0.227 e. The van der Waals surface area contributed by atoms with E-state index in [2.05, 4.69) is 6.92 Å². The Morgan fingerprint density at radius 3 is 2.95 bits per heavy atom. The summed E-state index contributed by atoms with van der Waals surface area (Å²) in [5.41, 5.74) is 6.42. The molecule has 1 aliphatic rings. The number of benzene rings is 1. The van der Waals surface area contributed by atoms with Crippen LogP contribution in [0.5, 0.6) is 0 Å². The number of piperidine rings is 1. The molecule has 2 atom stereocenters. The normalized spacial score (nSPS) is 23.4. The van der Waals surface area contributed by atoms with Crippen LogP contribution in [-0.2, 0) is 11.2 Å². The first-order valence-corrected chi connectivity index (χ1v) is 6.84. The third kappa shape index (κ3) is 3.53. The lowest BCUT2D eigenvalue weighted by Crippen LogP contribution is -2.47. The van der Waals surface area contributed by atoms with Gasteiger partial charge < -0.3 is 10.6 Å². The van der Waals surface area contributed by atoms with Gasteiger partial charge in [0, 0.05) is 12.6 Å². The predicted molar refractivity (Wildman–Crippen MR) is 73.1 cm³/mol. The average molecular weight is 264 g/mol. The average Bonchev–Trinajstić information content (AvgIpc) is 2.39. The number of rotatable bonds is 3. The molecule has 2 N–H and O–H groups in total. The van der Waals surface area contributed by atoms with Crippen molar-refractivity contribution in [1.82, 2.24) is 4.90 Å². The van der Waals surface area contributed by atoms with Gasteiger partial charge in [0.25, 0.3) is 0 Å². The molecule has 1 aromatic rings. The van der Waals surface area contributed by atoms with Crippen LogP contribution in [0.3, 0.4) is 0 Å². The third-order valence-electron chi connectivity index (χ3n) is 3.88. The third-order valence-corrected chi connectivity index (χ3v) is 3.88. The molecule has 4 heteroatoms. The molecule has 2 unspecified atom stereocenters. The molecule has 0 spiro atoms. The van der Waals surface area contributed by atoms with Gasteiger partial charge in [0.2, 0.25) is 5.91 Å². The maximum absolute atomic E-state index is 13.1. The molecule has 1 amide bonds. The lowest BCUT2D eigenvalue weighted by molar-refractivity contribution is -0.134. The van der Waals surface area contributed by atoms with Crippen molar-refractivity contribution in [3.63, 3.8) is 0 Å². The summed E-state index contributed by atoms with van der Waals surface area (Å²) in [5, 5.41) is 0. The zero-order chi connectivity index (χ0) is 13.8. The van der Waals surface area contributed by atoms with Gasteiger partial charge >= 0.3 is 0 Å². The number of carbonyl (C=O) groups excluding carboxylic acids is 1. The van der Waals surface area contributed by atoms with Crippen LogP contribution in [0, 0.1) is 11.7 Å². The Bertz CT molecular complexity index is 450. The summed E-state index contributed by atoms with van der Waals surface area (Å²) in [7, 11) is 0. The summed E-state index contributed by atoms with van der Waals surface area (Å²) in [6.07, 6.45) is 2.34. The molecule has 104 valence electrons. The van der Waals surface area contributed by atoms with Crippen molar-refractivity contribution < 1.29 is 9.18 Å². The molecule has 0 bridgehead atoms. The number of amides is 1. The highest BCUT2D eigenvalue weighted by atomic mass is 19.1. The molecule has 1 heterocycles. The van der Waals surface area contributed by atoms with Crippen molar-refractivity contribution in [3.05, 3.63) is 35.6 Å². The maximum Gasteiger partial charge on any atom is 0.227 e. The van der Waals surface area contributed by atoms with E-state index >= 15 is 0 Å². The summed E-state index contributed by atoms with van der Waals surface area (Å²) in [4.78, 5) is 14.2. The number of likely N-dealkylation sites (tertiary alicyclic amines) is 1. The summed E-state index contributed by atoms with van der Waals surface area (Å²) < 4.78 is 13.1. The van der Waals surface area contributed by atoms with E-state index in [0.29, 0.717) is 12.5 Å². The van der Waals surface area contributed by atoms with E-state index in [1.54, 1.807) is 12.1 Å². The highest BCUT2D eigenvalue weighted by Crippen LogP contribution is 2.22. The number of hydrogen-bond acceptors (Lipinski definition) is 2. The van der Waals surface area contributed by atoms with Crippen LogP contribution in [0.2, 0.25) is 0 Å². The zero-order valence-electron chi connectivity index (χ0n) is 11.3. The Morgan fingerprint density at radius 1 is 1.47 bits per heavy atom. The minimum Gasteiger partial charge on any atom is -0.339 e. The molecule has 19 heavy (non-hydrogen) atoms. The van der Waals surface area contributed by atoms with Gasteiger partial charge in [-0.05, 0) is 49.9 Å². The fourth-order valence-corrected chi connectivity index (χ4v) is 2.65. The van der Waals surface area contributed by atoms with Crippen molar-refractivity contribution in [2.24, 2.45) is 11.7 Å². The van der Waals surface area contributed by atoms with Gasteiger partial charge in [0.1, 0.15) is 5.82 Å². The summed E-state index contributed by atoms with van der Waals surface area (Å²) in [6.45, 7) is 3.42. The van der Waals surface area contributed by atoms with Crippen molar-refractivity contribution in [2.45, 2.75) is 32.2 Å². The Morgan fingerprint density at radius 2 is 2.26 bits per heavy atom. The van der Waals surface area contributed by atoms with Gasteiger partial charge in [0.05, 0.1) is 6.42 Å². The fourth-order valence-electron chi connectivity index (χ4n) is 2.65. The van der Waals surface area contributed by atoms with Crippen molar-refractivity contribution in [2.75, 3.05) is 13.1 Å². The molecule has 1 aromatic carbocycles. The molecule has 0 radical (unpaired) electrons. The Kier molecular flexibility index (Phi) is 4.53. The van der Waals surface area contributed by atoms with Gasteiger partial charge in [-0.2, -0.15) is 0 Å². The Balaban J connectivity index is 2.02. The summed E-state index contributed by atoms with van der Waals surface area (Å²) in [5.74, 6) is 0.167. The van der Waals surface area contributed by atoms with Gasteiger partial charge in [-0.1, -0.05) is 12.1 Å². The van der Waals surface area contributed by atoms with Gasteiger partial charge in [0.15, 0.2) is 0 Å². The number of carbonyl (C=O) groups is 1. The highest BCUT2D eigenvalue weighted by molar-refractivity contribution is 5.79. The van der Waals surface area contributed by atoms with E-state index in [1.807, 2.05) is 4.90 Å². The lowest BCUT2D eigenvalue weighted by atomic mass is 9.93. The van der Waals surface area contributed by atoms with Crippen LogP contribution in [-0.4, -0.2) is 29.9 Å². The van der Waals surface area contributed by atoms with Crippen molar-refractivity contribution in [1.29, 1.82) is 0 Å². The second kappa shape index (κ2) is 6.15. The minimum atomic E-state index is -0.295. The monoisotopic (exact) mass is 264 g/mol. The molecule has 0 aromatic heterocycles. The van der Waals surface area contributed by atoms with E-state index in [9.17, 15) is 9.18 Å². The molecule has 1 saturated heterocycles. The topological polar surface area (TPSA) is 46.3 Å². The molecule has 0 saturated carbocycles. The summed E-state index contributed by atoms with van der Waals surface area (Å²) >= 11 is 0. The van der Waals surface area contributed by atoms with Crippen LogP contribution >= 0.6 is 0 Å². The first kappa shape index (κ1) is 14.0. The van der Waals surface area contributed by atoms with Gasteiger partial charge in [-0.3, -0.25) is 4.79 Å². The first-order valence-electron chi connectivity index (χ1n) is 6.84. The standard InChI is InChI=1S/C15H21FN2O/c1-11-5-6-13(9-17)10-18(11)15(19)8-12-3-2-4-14(16)7-12/h2-4,7,11,13H,5-6,8-10,17H2,1H3. The number of nitrogens with two attached hydrogens (primary N) is 1. The fraction of sp³-hybridized carbons (Fsp3) is 0.533. The molecule has 2 rings (SSSR count). The van der Waals surface area contributed by atoms with Crippen LogP contribution in [0.4, 0.5) is 4.39 Å². The largest absolute Gasteiger partial charge is 0.339 e.